The predicted molar refractivity (Wildman–Crippen MR) is 378 cm³/mol. The molecule has 15 rings (SSSR count). The zero-order valence-electron chi connectivity index (χ0n) is 52.1. The third-order valence-electron chi connectivity index (χ3n) is 18.7. The number of nitrogens with zero attached hydrogens (tertiary/aromatic N) is 4. The molecule has 0 saturated carbocycles. The summed E-state index contributed by atoms with van der Waals surface area (Å²) >= 11 is 1.90. The van der Waals surface area contributed by atoms with Crippen LogP contribution in [0.5, 0.6) is 0 Å². The van der Waals surface area contributed by atoms with Gasteiger partial charge in [-0.25, -0.2) is 0 Å². The molecule has 0 fully saturated rings. The fraction of sp³-hybridized carbons (Fsp3) is 0.185. The first-order valence-electron chi connectivity index (χ1n) is 30.9. The molecule has 2 aromatic heterocycles. The van der Waals surface area contributed by atoms with Crippen LogP contribution in [0.4, 0.5) is 51.2 Å². The molecule has 4 nitrogen and oxygen atoms in total. The maximum atomic E-state index is 2.66. The smallest absolute Gasteiger partial charge is 0.252 e. The maximum Gasteiger partial charge on any atom is 0.252 e. The first kappa shape index (κ1) is 54.6. The van der Waals surface area contributed by atoms with Crippen molar-refractivity contribution in [3.8, 4) is 16.8 Å². The fourth-order valence-corrected chi connectivity index (χ4v) is 15.5. The molecule has 0 spiro atoms. The highest BCUT2D eigenvalue weighted by atomic mass is 32.1. The Morgan fingerprint density at radius 1 is 0.391 bits per heavy atom. The average molecular weight is 1150 g/mol. The number of hydrogen-bond acceptors (Lipinski definition) is 4. The highest BCUT2D eigenvalue weighted by Gasteiger charge is 2.45. The predicted octanol–water partition coefficient (Wildman–Crippen LogP) is 21.2. The molecule has 0 N–H and O–H groups in total. The molecule has 0 radical (unpaired) electrons. The van der Waals surface area contributed by atoms with Gasteiger partial charge in [0.1, 0.15) is 0 Å². The Labute approximate surface area is 517 Å². The number of para-hydroxylation sites is 2. The Morgan fingerprint density at radius 3 is 1.67 bits per heavy atom. The molecule has 0 unspecified atom stereocenters. The van der Waals surface area contributed by atoms with Gasteiger partial charge in [-0.3, -0.25) is 0 Å². The number of aromatic nitrogens is 1. The second-order valence-electron chi connectivity index (χ2n) is 27.6. The van der Waals surface area contributed by atoms with Crippen LogP contribution < -0.4 is 31.1 Å². The molecule has 87 heavy (non-hydrogen) atoms. The van der Waals surface area contributed by atoms with E-state index in [1.165, 1.54) is 126 Å². The molecular weight excluding hydrogens is 1070 g/mol. The van der Waals surface area contributed by atoms with E-state index in [1.54, 1.807) is 0 Å². The van der Waals surface area contributed by atoms with Gasteiger partial charge in [0.25, 0.3) is 6.71 Å². The maximum absolute atomic E-state index is 2.66. The molecule has 2 aliphatic heterocycles. The third kappa shape index (κ3) is 8.92. The van der Waals surface area contributed by atoms with Crippen molar-refractivity contribution in [2.75, 3.05) is 14.7 Å². The van der Waals surface area contributed by atoms with Gasteiger partial charge in [0.05, 0.1) is 16.7 Å². The monoisotopic (exact) mass is 1140 g/mol. The average Bonchev–Trinajstić information content (AvgIpc) is 1.42. The highest BCUT2D eigenvalue weighted by molar-refractivity contribution is 7.26. The van der Waals surface area contributed by atoms with Crippen molar-refractivity contribution < 1.29 is 0 Å². The molecule has 426 valence electrons. The van der Waals surface area contributed by atoms with E-state index >= 15 is 0 Å². The van der Waals surface area contributed by atoms with E-state index in [9.17, 15) is 0 Å². The summed E-state index contributed by atoms with van der Waals surface area (Å²) in [4.78, 5) is 7.72. The van der Waals surface area contributed by atoms with Gasteiger partial charge in [0.15, 0.2) is 0 Å². The van der Waals surface area contributed by atoms with E-state index in [0.29, 0.717) is 0 Å². The van der Waals surface area contributed by atoms with Crippen LogP contribution in [-0.2, 0) is 16.2 Å². The van der Waals surface area contributed by atoms with E-state index in [-0.39, 0.29) is 23.0 Å². The van der Waals surface area contributed by atoms with Crippen LogP contribution in [0.3, 0.4) is 0 Å². The first-order chi connectivity index (χ1) is 41.8. The van der Waals surface area contributed by atoms with Gasteiger partial charge >= 0.3 is 0 Å². The lowest BCUT2D eigenvalue weighted by atomic mass is 9.33. The van der Waals surface area contributed by atoms with Crippen molar-refractivity contribution in [1.82, 2.24) is 4.57 Å². The lowest BCUT2D eigenvalue weighted by Gasteiger charge is -2.45. The van der Waals surface area contributed by atoms with Gasteiger partial charge in [0, 0.05) is 82.1 Å². The molecule has 0 atom stereocenters. The van der Waals surface area contributed by atoms with Gasteiger partial charge in [-0.05, 0) is 201 Å². The Bertz CT molecular complexity index is 4890. The fourth-order valence-electron chi connectivity index (χ4n) is 14.3. The van der Waals surface area contributed by atoms with Gasteiger partial charge < -0.3 is 19.3 Å². The minimum Gasteiger partial charge on any atom is -0.311 e. The van der Waals surface area contributed by atoms with E-state index in [2.05, 4.69) is 327 Å². The van der Waals surface area contributed by atoms with E-state index in [4.69, 9.17) is 0 Å². The number of thiophene rings is 1. The number of hydrogen-bond donors (Lipinski definition) is 0. The molecule has 0 bridgehead atoms. The zero-order valence-corrected chi connectivity index (χ0v) is 53.0. The van der Waals surface area contributed by atoms with Crippen molar-refractivity contribution in [1.29, 1.82) is 0 Å². The summed E-state index contributed by atoms with van der Waals surface area (Å²) in [6.07, 6.45) is 0. The van der Waals surface area contributed by atoms with E-state index in [0.717, 1.165) is 34.0 Å². The molecule has 11 aromatic carbocycles. The number of aryl methyl sites for hydroxylation is 3. The van der Waals surface area contributed by atoms with Crippen LogP contribution >= 0.6 is 11.3 Å². The van der Waals surface area contributed by atoms with Crippen LogP contribution in [0.15, 0.2) is 224 Å². The number of fused-ring (bicyclic) bond motifs is 10. The SMILES string of the molecule is Cc1cc2c3c(c1)N(c1c(C)cc(-c4cccc5c4sc4ccccc45)cc1C)c1cc(N(c4ccc(C(C)(C)C)cc4)c4ccc5c6ccccc6n(-c6ccccc6)c5c4)ccc1B3c1cc(C(C)(C)C)ccc1N2c1ccc(C(C)(C)C)cc1. The van der Waals surface area contributed by atoms with Crippen molar-refractivity contribution in [3.05, 3.63) is 258 Å². The van der Waals surface area contributed by atoms with Gasteiger partial charge in [0.2, 0.25) is 0 Å². The second-order valence-corrected chi connectivity index (χ2v) is 28.7. The Morgan fingerprint density at radius 2 is 0.966 bits per heavy atom. The summed E-state index contributed by atoms with van der Waals surface area (Å²) in [5.41, 5.74) is 27.9. The lowest BCUT2D eigenvalue weighted by molar-refractivity contribution is 0.590. The standard InChI is InChI=1S/C81H73BN4S/c1-50-43-73-76-74(44-50)86(77-51(2)45-53(46-52(77)3)62-25-20-26-66-65-24-17-19-28-75(65)87-78(62)66)72-49-61(39-41-67(72)82(76)68-47-56(81(10,11)12)33-42-70(68)85(73)59-36-31-55(32-37-59)80(7,8)9)83(58-34-29-54(30-35-58)79(4,5)6)60-38-40-64-63-23-16-18-27-69(63)84(71(64)48-60)57-21-14-13-15-22-57/h13-49H,1-12H3. The summed E-state index contributed by atoms with van der Waals surface area (Å²) in [5.74, 6) is 0. The van der Waals surface area contributed by atoms with Crippen LogP contribution in [0.2, 0.25) is 0 Å². The lowest BCUT2D eigenvalue weighted by Crippen LogP contribution is -2.61. The highest BCUT2D eigenvalue weighted by Crippen LogP contribution is 2.51. The van der Waals surface area contributed by atoms with Gasteiger partial charge in [-0.2, -0.15) is 0 Å². The van der Waals surface area contributed by atoms with Gasteiger partial charge in [-0.1, -0.05) is 184 Å². The van der Waals surface area contributed by atoms with E-state index < -0.39 is 0 Å². The first-order valence-corrected chi connectivity index (χ1v) is 31.7. The normalized spacial score (nSPS) is 13.2. The molecule has 13 aromatic rings. The zero-order chi connectivity index (χ0) is 60.0. The summed E-state index contributed by atoms with van der Waals surface area (Å²) in [5, 5.41) is 5.09. The van der Waals surface area contributed by atoms with Crippen molar-refractivity contribution in [2.45, 2.75) is 99.3 Å². The molecule has 0 amide bonds. The van der Waals surface area contributed by atoms with Crippen molar-refractivity contribution in [3.63, 3.8) is 0 Å². The van der Waals surface area contributed by atoms with Crippen LogP contribution in [0, 0.1) is 20.8 Å². The number of rotatable bonds is 7. The van der Waals surface area contributed by atoms with E-state index in [1.807, 2.05) is 11.3 Å². The van der Waals surface area contributed by atoms with Crippen LogP contribution in [-0.4, -0.2) is 11.3 Å². The minimum absolute atomic E-state index is 0.0140. The summed E-state index contributed by atoms with van der Waals surface area (Å²) in [7, 11) is 0. The second kappa shape index (κ2) is 20.0. The number of anilines is 9. The molecule has 6 heteroatoms. The van der Waals surface area contributed by atoms with Crippen LogP contribution in [0.25, 0.3) is 58.8 Å². The third-order valence-corrected chi connectivity index (χ3v) is 19.9. The topological polar surface area (TPSA) is 14.7 Å². The van der Waals surface area contributed by atoms with Crippen molar-refractivity contribution >= 4 is 128 Å². The van der Waals surface area contributed by atoms with Gasteiger partial charge in [-0.15, -0.1) is 11.3 Å². The van der Waals surface area contributed by atoms with Crippen molar-refractivity contribution in [2.24, 2.45) is 0 Å². The molecular formula is C81H73BN4S. The Kier molecular flexibility index (Phi) is 12.5. The summed E-state index contributed by atoms with van der Waals surface area (Å²) in [6.45, 7) is 27.8. The molecule has 4 heterocycles. The minimum atomic E-state index is -0.0789. The molecule has 0 saturated heterocycles. The summed E-state index contributed by atoms with van der Waals surface area (Å²) < 4.78 is 5.08. The Hall–Kier alpha value is -9.10. The molecule has 0 aliphatic carbocycles. The quantitative estimate of drug-likeness (QED) is 0.148. The number of benzene rings is 11. The van der Waals surface area contributed by atoms with Crippen LogP contribution in [0.1, 0.15) is 95.7 Å². The summed E-state index contributed by atoms with van der Waals surface area (Å²) in [6, 6.07) is 85.7. The molecule has 2 aliphatic rings. The largest absolute Gasteiger partial charge is 0.311 e. The Balaban J connectivity index is 1.00.